The molecule has 0 amide bonds. The standard InChI is InChI=1S/C14H25NO2/c1-4-7-13(17-6-3)14(15-9-5-2)12-8-10-16-11-12/h8,10-11,13-15H,4-7,9H2,1-3H3. The Morgan fingerprint density at radius 2 is 2.12 bits per heavy atom. The Labute approximate surface area is 105 Å². The van der Waals surface area contributed by atoms with Crippen LogP contribution < -0.4 is 5.32 Å². The van der Waals surface area contributed by atoms with E-state index in [2.05, 4.69) is 26.1 Å². The normalized spacial score (nSPS) is 14.8. The summed E-state index contributed by atoms with van der Waals surface area (Å²) in [6, 6.07) is 2.27. The second kappa shape index (κ2) is 8.31. The summed E-state index contributed by atoms with van der Waals surface area (Å²) in [5.41, 5.74) is 1.19. The molecule has 2 atom stereocenters. The Kier molecular flexibility index (Phi) is 6.97. The van der Waals surface area contributed by atoms with Gasteiger partial charge in [0.25, 0.3) is 0 Å². The molecule has 3 nitrogen and oxygen atoms in total. The van der Waals surface area contributed by atoms with Crippen molar-refractivity contribution in [2.75, 3.05) is 13.2 Å². The van der Waals surface area contributed by atoms with Crippen LogP contribution in [0.5, 0.6) is 0 Å². The van der Waals surface area contributed by atoms with Crippen molar-refractivity contribution < 1.29 is 9.15 Å². The zero-order valence-corrected chi connectivity index (χ0v) is 11.2. The second-order valence-electron chi connectivity index (χ2n) is 4.27. The molecule has 0 aliphatic heterocycles. The molecule has 1 N–H and O–H groups in total. The van der Waals surface area contributed by atoms with Gasteiger partial charge in [0.2, 0.25) is 0 Å². The minimum Gasteiger partial charge on any atom is -0.472 e. The first-order chi connectivity index (χ1) is 8.33. The first-order valence-electron chi connectivity index (χ1n) is 6.70. The molecule has 0 radical (unpaired) electrons. The smallest absolute Gasteiger partial charge is 0.0951 e. The average Bonchev–Trinajstić information content (AvgIpc) is 2.84. The van der Waals surface area contributed by atoms with E-state index in [-0.39, 0.29) is 12.1 Å². The van der Waals surface area contributed by atoms with E-state index in [9.17, 15) is 0 Å². The maximum absolute atomic E-state index is 5.86. The van der Waals surface area contributed by atoms with Crippen LogP contribution in [0.2, 0.25) is 0 Å². The van der Waals surface area contributed by atoms with E-state index in [1.165, 1.54) is 5.56 Å². The van der Waals surface area contributed by atoms with Crippen LogP contribution in [-0.2, 0) is 4.74 Å². The number of ether oxygens (including phenoxy) is 1. The van der Waals surface area contributed by atoms with E-state index in [4.69, 9.17) is 9.15 Å². The van der Waals surface area contributed by atoms with Crippen molar-refractivity contribution in [3.63, 3.8) is 0 Å². The predicted octanol–water partition coefficient (Wildman–Crippen LogP) is 3.53. The minimum atomic E-state index is 0.231. The molecular weight excluding hydrogens is 214 g/mol. The quantitative estimate of drug-likeness (QED) is 0.716. The van der Waals surface area contributed by atoms with E-state index in [0.717, 1.165) is 32.4 Å². The highest BCUT2D eigenvalue weighted by molar-refractivity contribution is 5.13. The zero-order valence-electron chi connectivity index (χ0n) is 11.2. The summed E-state index contributed by atoms with van der Waals surface area (Å²) < 4.78 is 11.0. The van der Waals surface area contributed by atoms with Crippen molar-refractivity contribution in [2.45, 2.75) is 52.2 Å². The number of hydrogen-bond donors (Lipinski definition) is 1. The Bertz CT molecular complexity index is 266. The molecule has 0 saturated heterocycles. The Morgan fingerprint density at radius 3 is 2.65 bits per heavy atom. The fourth-order valence-electron chi connectivity index (χ4n) is 2.06. The van der Waals surface area contributed by atoms with Crippen molar-refractivity contribution in [1.82, 2.24) is 5.32 Å². The zero-order chi connectivity index (χ0) is 12.5. The first kappa shape index (κ1) is 14.3. The van der Waals surface area contributed by atoms with Gasteiger partial charge in [0, 0.05) is 12.2 Å². The van der Waals surface area contributed by atoms with Gasteiger partial charge in [0.1, 0.15) is 0 Å². The lowest BCUT2D eigenvalue weighted by atomic mass is 10.0. The second-order valence-corrected chi connectivity index (χ2v) is 4.27. The summed E-state index contributed by atoms with van der Waals surface area (Å²) in [6.45, 7) is 8.18. The topological polar surface area (TPSA) is 34.4 Å². The summed E-state index contributed by atoms with van der Waals surface area (Å²) in [5, 5.41) is 3.56. The van der Waals surface area contributed by atoms with Gasteiger partial charge in [0.15, 0.2) is 0 Å². The Hall–Kier alpha value is -0.800. The summed E-state index contributed by atoms with van der Waals surface area (Å²) >= 11 is 0. The molecule has 0 spiro atoms. The fraction of sp³-hybridized carbons (Fsp3) is 0.714. The average molecular weight is 239 g/mol. The van der Waals surface area contributed by atoms with Gasteiger partial charge in [-0.1, -0.05) is 20.3 Å². The van der Waals surface area contributed by atoms with Crippen molar-refractivity contribution in [2.24, 2.45) is 0 Å². The molecule has 2 unspecified atom stereocenters. The molecule has 0 aliphatic rings. The highest BCUT2D eigenvalue weighted by atomic mass is 16.5. The van der Waals surface area contributed by atoms with E-state index in [1.54, 1.807) is 6.26 Å². The SMILES string of the molecule is CCCNC(c1ccoc1)C(CCC)OCC. The summed E-state index contributed by atoms with van der Waals surface area (Å²) in [4.78, 5) is 0. The van der Waals surface area contributed by atoms with Crippen molar-refractivity contribution in [1.29, 1.82) is 0 Å². The lowest BCUT2D eigenvalue weighted by Gasteiger charge is -2.27. The Balaban J connectivity index is 2.71. The number of nitrogens with one attached hydrogen (secondary N) is 1. The summed E-state index contributed by atoms with van der Waals surface area (Å²) in [7, 11) is 0. The van der Waals surface area contributed by atoms with Gasteiger partial charge in [-0.3, -0.25) is 0 Å². The van der Waals surface area contributed by atoms with E-state index in [0.29, 0.717) is 0 Å². The van der Waals surface area contributed by atoms with Crippen LogP contribution in [0.3, 0.4) is 0 Å². The molecular formula is C14H25NO2. The third kappa shape index (κ3) is 4.52. The van der Waals surface area contributed by atoms with Crippen molar-refractivity contribution in [3.05, 3.63) is 24.2 Å². The van der Waals surface area contributed by atoms with Gasteiger partial charge >= 0.3 is 0 Å². The molecule has 98 valence electrons. The maximum atomic E-state index is 5.86. The van der Waals surface area contributed by atoms with Crippen LogP contribution in [-0.4, -0.2) is 19.3 Å². The monoisotopic (exact) mass is 239 g/mol. The van der Waals surface area contributed by atoms with Crippen LogP contribution in [0, 0.1) is 0 Å². The predicted molar refractivity (Wildman–Crippen MR) is 70.1 cm³/mol. The largest absolute Gasteiger partial charge is 0.472 e. The summed E-state index contributed by atoms with van der Waals surface area (Å²) in [6.07, 6.45) is 7.10. The van der Waals surface area contributed by atoms with Gasteiger partial charge < -0.3 is 14.5 Å². The summed E-state index contributed by atoms with van der Waals surface area (Å²) in [5.74, 6) is 0. The van der Waals surface area contributed by atoms with Crippen LogP contribution in [0.1, 0.15) is 51.6 Å². The van der Waals surface area contributed by atoms with Crippen molar-refractivity contribution >= 4 is 0 Å². The minimum absolute atomic E-state index is 0.231. The fourth-order valence-corrected chi connectivity index (χ4v) is 2.06. The number of hydrogen-bond acceptors (Lipinski definition) is 3. The molecule has 1 heterocycles. The van der Waals surface area contributed by atoms with E-state index >= 15 is 0 Å². The van der Waals surface area contributed by atoms with Gasteiger partial charge in [-0.2, -0.15) is 0 Å². The maximum Gasteiger partial charge on any atom is 0.0951 e. The number of furan rings is 1. The van der Waals surface area contributed by atoms with Crippen LogP contribution in [0.25, 0.3) is 0 Å². The first-order valence-corrected chi connectivity index (χ1v) is 6.70. The van der Waals surface area contributed by atoms with Gasteiger partial charge in [-0.15, -0.1) is 0 Å². The van der Waals surface area contributed by atoms with Crippen molar-refractivity contribution in [3.8, 4) is 0 Å². The molecule has 1 aromatic heterocycles. The molecule has 17 heavy (non-hydrogen) atoms. The molecule has 0 aliphatic carbocycles. The molecule has 3 heteroatoms. The molecule has 1 rings (SSSR count). The van der Waals surface area contributed by atoms with E-state index < -0.39 is 0 Å². The molecule has 0 bridgehead atoms. The molecule has 1 aromatic rings. The third-order valence-corrected chi connectivity index (χ3v) is 2.84. The van der Waals surface area contributed by atoms with Gasteiger partial charge in [-0.05, 0) is 32.4 Å². The molecule has 0 saturated carbocycles. The molecule has 0 aromatic carbocycles. The highest BCUT2D eigenvalue weighted by Gasteiger charge is 2.23. The van der Waals surface area contributed by atoms with E-state index in [1.807, 2.05) is 12.3 Å². The van der Waals surface area contributed by atoms with Crippen LogP contribution >= 0.6 is 0 Å². The van der Waals surface area contributed by atoms with Crippen LogP contribution in [0.4, 0.5) is 0 Å². The van der Waals surface area contributed by atoms with Gasteiger partial charge in [-0.25, -0.2) is 0 Å². The molecule has 0 fully saturated rings. The number of rotatable bonds is 9. The highest BCUT2D eigenvalue weighted by Crippen LogP contribution is 2.23. The lowest BCUT2D eigenvalue weighted by molar-refractivity contribution is 0.0275. The lowest BCUT2D eigenvalue weighted by Crippen LogP contribution is -2.34. The van der Waals surface area contributed by atoms with Gasteiger partial charge in [0.05, 0.1) is 24.7 Å². The van der Waals surface area contributed by atoms with Crippen LogP contribution in [0.15, 0.2) is 23.0 Å². The third-order valence-electron chi connectivity index (χ3n) is 2.84. The Morgan fingerprint density at radius 1 is 1.29 bits per heavy atom.